The van der Waals surface area contributed by atoms with Gasteiger partial charge in [0.1, 0.15) is 0 Å². The van der Waals surface area contributed by atoms with E-state index in [1.807, 2.05) is 6.92 Å². The van der Waals surface area contributed by atoms with Crippen LogP contribution in [0.4, 0.5) is 4.79 Å². The second kappa shape index (κ2) is 5.86. The van der Waals surface area contributed by atoms with Gasteiger partial charge in [-0.25, -0.2) is 4.79 Å². The number of hydrogen-bond acceptors (Lipinski definition) is 4. The van der Waals surface area contributed by atoms with E-state index in [2.05, 4.69) is 0 Å². The monoisotopic (exact) mass is 258 g/mol. The van der Waals surface area contributed by atoms with Crippen molar-refractivity contribution >= 4 is 6.03 Å². The van der Waals surface area contributed by atoms with Gasteiger partial charge in [0.2, 0.25) is 0 Å². The number of rotatable bonds is 1. The molecule has 0 saturated carbocycles. The van der Waals surface area contributed by atoms with Gasteiger partial charge in [-0.3, -0.25) is 0 Å². The molecule has 0 radical (unpaired) electrons. The molecule has 2 fully saturated rings. The van der Waals surface area contributed by atoms with E-state index < -0.39 is 6.29 Å². The van der Waals surface area contributed by atoms with Crippen LogP contribution in [-0.4, -0.2) is 72.7 Å². The summed E-state index contributed by atoms with van der Waals surface area (Å²) < 4.78 is 10.5. The Balaban J connectivity index is 1.92. The van der Waals surface area contributed by atoms with E-state index in [1.54, 1.807) is 16.8 Å². The summed E-state index contributed by atoms with van der Waals surface area (Å²) in [6.07, 6.45) is 0.470. The Hall–Kier alpha value is -0.850. The molecule has 0 spiro atoms. The molecule has 1 N–H and O–H groups in total. The van der Waals surface area contributed by atoms with Crippen LogP contribution in [0.25, 0.3) is 0 Å². The first-order valence-corrected chi connectivity index (χ1v) is 6.51. The molecule has 3 atom stereocenters. The fraction of sp³-hybridized carbons (Fsp3) is 0.917. The van der Waals surface area contributed by atoms with E-state index in [0.717, 1.165) is 6.42 Å². The third kappa shape index (κ3) is 3.13. The minimum absolute atomic E-state index is 0.0151. The highest BCUT2D eigenvalue weighted by Crippen LogP contribution is 2.22. The molecule has 2 amide bonds. The number of aliphatic hydroxyl groups is 1. The number of amides is 2. The van der Waals surface area contributed by atoms with Gasteiger partial charge < -0.3 is 24.4 Å². The highest BCUT2D eigenvalue weighted by atomic mass is 16.6. The Morgan fingerprint density at radius 3 is 2.61 bits per heavy atom. The van der Waals surface area contributed by atoms with Gasteiger partial charge in [-0.1, -0.05) is 0 Å². The van der Waals surface area contributed by atoms with Crippen molar-refractivity contribution in [3.8, 4) is 0 Å². The summed E-state index contributed by atoms with van der Waals surface area (Å²) in [5.74, 6) is 0. The van der Waals surface area contributed by atoms with E-state index in [9.17, 15) is 9.90 Å². The van der Waals surface area contributed by atoms with E-state index in [1.165, 1.54) is 0 Å². The third-order valence-electron chi connectivity index (χ3n) is 3.60. The summed E-state index contributed by atoms with van der Waals surface area (Å²) in [6.45, 7) is 4.41. The highest BCUT2D eigenvalue weighted by Gasteiger charge is 2.32. The molecular weight excluding hydrogens is 236 g/mol. The maximum absolute atomic E-state index is 12.3. The molecule has 0 aromatic carbocycles. The van der Waals surface area contributed by atoms with Gasteiger partial charge >= 0.3 is 6.03 Å². The Morgan fingerprint density at radius 1 is 1.33 bits per heavy atom. The summed E-state index contributed by atoms with van der Waals surface area (Å²) in [7, 11) is 1.80. The summed E-state index contributed by atoms with van der Waals surface area (Å²) in [5.41, 5.74) is 0. The molecule has 6 heteroatoms. The smallest absolute Gasteiger partial charge is 0.320 e. The molecule has 3 unspecified atom stereocenters. The summed E-state index contributed by atoms with van der Waals surface area (Å²) in [4.78, 5) is 15.8. The SMILES string of the molecule is CC1CC(N(C)C(=O)N2CCOCC2)CC(O)O1. The summed E-state index contributed by atoms with van der Waals surface area (Å²) in [5, 5.41) is 9.60. The fourth-order valence-electron chi connectivity index (χ4n) is 2.54. The highest BCUT2D eigenvalue weighted by molar-refractivity contribution is 5.74. The topological polar surface area (TPSA) is 62.2 Å². The van der Waals surface area contributed by atoms with Crippen LogP contribution in [-0.2, 0) is 9.47 Å². The maximum Gasteiger partial charge on any atom is 0.320 e. The Morgan fingerprint density at radius 2 is 2.00 bits per heavy atom. The molecule has 104 valence electrons. The van der Waals surface area contributed by atoms with E-state index in [4.69, 9.17) is 9.47 Å². The zero-order valence-corrected chi connectivity index (χ0v) is 11.0. The minimum atomic E-state index is -0.765. The molecule has 2 aliphatic heterocycles. The molecule has 2 saturated heterocycles. The summed E-state index contributed by atoms with van der Waals surface area (Å²) in [6, 6.07) is 0.0590. The van der Waals surface area contributed by atoms with Crippen molar-refractivity contribution < 1.29 is 19.4 Å². The van der Waals surface area contributed by atoms with Crippen molar-refractivity contribution in [3.63, 3.8) is 0 Å². The van der Waals surface area contributed by atoms with Crippen LogP contribution in [0.5, 0.6) is 0 Å². The second-order valence-corrected chi connectivity index (χ2v) is 5.02. The molecule has 18 heavy (non-hydrogen) atoms. The van der Waals surface area contributed by atoms with Crippen LogP contribution in [0, 0.1) is 0 Å². The van der Waals surface area contributed by atoms with Crippen LogP contribution in [0.1, 0.15) is 19.8 Å². The molecule has 2 aliphatic rings. The van der Waals surface area contributed by atoms with Gasteiger partial charge in [0.15, 0.2) is 6.29 Å². The van der Waals surface area contributed by atoms with Gasteiger partial charge in [-0.15, -0.1) is 0 Å². The van der Waals surface area contributed by atoms with Gasteiger partial charge in [0.25, 0.3) is 0 Å². The van der Waals surface area contributed by atoms with Gasteiger partial charge in [0, 0.05) is 32.6 Å². The van der Waals surface area contributed by atoms with Crippen LogP contribution in [0.2, 0.25) is 0 Å². The zero-order chi connectivity index (χ0) is 13.1. The summed E-state index contributed by atoms with van der Waals surface area (Å²) >= 11 is 0. The lowest BCUT2D eigenvalue weighted by atomic mass is 10.0. The number of carbonyl (C=O) groups is 1. The first-order chi connectivity index (χ1) is 8.58. The van der Waals surface area contributed by atoms with E-state index in [0.29, 0.717) is 32.7 Å². The maximum atomic E-state index is 12.3. The number of ether oxygens (including phenoxy) is 2. The lowest BCUT2D eigenvalue weighted by Gasteiger charge is -2.39. The average Bonchev–Trinajstić information content (AvgIpc) is 2.37. The number of carbonyl (C=O) groups excluding carboxylic acids is 1. The lowest BCUT2D eigenvalue weighted by Crippen LogP contribution is -2.52. The van der Waals surface area contributed by atoms with Gasteiger partial charge in [-0.05, 0) is 13.3 Å². The van der Waals surface area contributed by atoms with E-state index >= 15 is 0 Å². The molecular formula is C12H22N2O4. The number of aliphatic hydroxyl groups excluding tert-OH is 1. The molecule has 2 heterocycles. The van der Waals surface area contributed by atoms with Crippen LogP contribution in [0.15, 0.2) is 0 Å². The van der Waals surface area contributed by atoms with Crippen molar-refractivity contribution in [2.24, 2.45) is 0 Å². The largest absolute Gasteiger partial charge is 0.378 e. The fourth-order valence-corrected chi connectivity index (χ4v) is 2.54. The lowest BCUT2D eigenvalue weighted by molar-refractivity contribution is -0.171. The average molecular weight is 258 g/mol. The van der Waals surface area contributed by atoms with Gasteiger partial charge in [0.05, 0.1) is 19.3 Å². The van der Waals surface area contributed by atoms with E-state index in [-0.39, 0.29) is 18.2 Å². The van der Waals surface area contributed by atoms with Crippen LogP contribution in [0.3, 0.4) is 0 Å². The van der Waals surface area contributed by atoms with Crippen molar-refractivity contribution in [1.82, 2.24) is 9.80 Å². The number of morpholine rings is 1. The molecule has 0 aliphatic carbocycles. The Bertz CT molecular complexity index is 284. The Labute approximate surface area is 107 Å². The molecule has 0 aromatic rings. The van der Waals surface area contributed by atoms with Crippen LogP contribution < -0.4 is 0 Å². The number of hydrogen-bond donors (Lipinski definition) is 1. The Kier molecular flexibility index (Phi) is 4.42. The first kappa shape index (κ1) is 13.6. The quantitative estimate of drug-likeness (QED) is 0.732. The molecule has 0 aromatic heterocycles. The van der Waals surface area contributed by atoms with Crippen molar-refractivity contribution in [1.29, 1.82) is 0 Å². The first-order valence-electron chi connectivity index (χ1n) is 6.51. The predicted molar refractivity (Wildman–Crippen MR) is 65.1 cm³/mol. The third-order valence-corrected chi connectivity index (χ3v) is 3.60. The minimum Gasteiger partial charge on any atom is -0.378 e. The standard InChI is InChI=1S/C12H22N2O4/c1-9-7-10(8-11(15)18-9)13(2)12(16)14-3-5-17-6-4-14/h9-11,15H,3-8H2,1-2H3. The van der Waals surface area contributed by atoms with Crippen molar-refractivity contribution in [2.45, 2.75) is 38.2 Å². The van der Waals surface area contributed by atoms with Crippen molar-refractivity contribution in [3.05, 3.63) is 0 Å². The zero-order valence-electron chi connectivity index (χ0n) is 11.0. The molecule has 2 rings (SSSR count). The number of nitrogens with zero attached hydrogens (tertiary/aromatic N) is 2. The second-order valence-electron chi connectivity index (χ2n) is 5.02. The van der Waals surface area contributed by atoms with Crippen molar-refractivity contribution in [2.75, 3.05) is 33.4 Å². The molecule has 0 bridgehead atoms. The van der Waals surface area contributed by atoms with Crippen LogP contribution >= 0.6 is 0 Å². The number of urea groups is 1. The predicted octanol–water partition coefficient (Wildman–Crippen LogP) is 0.256. The normalized spacial score (nSPS) is 33.3. The van der Waals surface area contributed by atoms with Gasteiger partial charge in [-0.2, -0.15) is 0 Å². The molecule has 6 nitrogen and oxygen atoms in total.